The Balaban J connectivity index is 0.927. The maximum Gasteiger partial charge on any atom is 0.159 e. The third-order valence-electron chi connectivity index (χ3n) is 16.2. The third-order valence-corrected chi connectivity index (χ3v) is 16.2. The van der Waals surface area contributed by atoms with Crippen molar-refractivity contribution in [3.05, 3.63) is 230 Å². The van der Waals surface area contributed by atoms with Crippen molar-refractivity contribution in [1.82, 2.24) is 8.80 Å². The van der Waals surface area contributed by atoms with Gasteiger partial charge in [-0.2, -0.15) is 0 Å². The van der Waals surface area contributed by atoms with Crippen LogP contribution in [0, 0.1) is 13.8 Å². The molecule has 0 aliphatic rings. The molecule has 11 aromatic carbocycles. The van der Waals surface area contributed by atoms with E-state index in [1.54, 1.807) is 0 Å². The summed E-state index contributed by atoms with van der Waals surface area (Å²) >= 11 is 0. The molecule has 74 heavy (non-hydrogen) atoms. The van der Waals surface area contributed by atoms with Crippen LogP contribution in [-0.2, 0) is 0 Å². The Labute approximate surface area is 423 Å². The van der Waals surface area contributed by atoms with Gasteiger partial charge in [-0.3, -0.25) is 0 Å². The number of furan rings is 2. The second kappa shape index (κ2) is 14.4. The van der Waals surface area contributed by atoms with Crippen molar-refractivity contribution >= 4 is 154 Å². The summed E-state index contributed by atoms with van der Waals surface area (Å²) in [5, 5.41) is 14.2. The summed E-state index contributed by atoms with van der Waals surface area (Å²) in [5.41, 5.74) is 19.4. The van der Waals surface area contributed by atoms with E-state index in [1.165, 1.54) is 76.2 Å². The van der Waals surface area contributed by atoms with Crippen LogP contribution in [0.3, 0.4) is 0 Å². The summed E-state index contributed by atoms with van der Waals surface area (Å²) in [7, 11) is 0. The molecule has 0 fully saturated rings. The standard InChI is InChI=1S/C68H42N4O2/c1-39-33-35-47-43-21-9-11-31-59(43)73-67(47)63(39)69(41-17-5-3-6-18-41)53-27-15-29-55-61(53)49-25-13-23-45-51-38-58-52(37-57(51)71(55)65(45)49)46-24-14-26-50-62-54(28-16-30-56(62)72(58)66(46)50)70(42-19-7-4-8-20-42)64-40(2)34-36-48-44-22-10-12-32-60(44)74-68(48)64/h3-38H,1-2H3. The summed E-state index contributed by atoms with van der Waals surface area (Å²) in [5.74, 6) is 0. The van der Waals surface area contributed by atoms with Gasteiger partial charge in [0.15, 0.2) is 11.2 Å². The number of para-hydroxylation sites is 6. The van der Waals surface area contributed by atoms with E-state index in [9.17, 15) is 0 Å². The molecule has 17 rings (SSSR count). The highest BCUT2D eigenvalue weighted by Gasteiger charge is 2.30. The highest BCUT2D eigenvalue weighted by atomic mass is 16.3. The van der Waals surface area contributed by atoms with Gasteiger partial charge in [0.2, 0.25) is 0 Å². The van der Waals surface area contributed by atoms with Gasteiger partial charge in [-0.25, -0.2) is 0 Å². The maximum absolute atomic E-state index is 6.82. The van der Waals surface area contributed by atoms with Crippen molar-refractivity contribution in [2.45, 2.75) is 13.8 Å². The normalized spacial score (nSPS) is 12.5. The van der Waals surface area contributed by atoms with Crippen LogP contribution in [0.1, 0.15) is 11.1 Å². The molecule has 0 bridgehead atoms. The van der Waals surface area contributed by atoms with E-state index < -0.39 is 0 Å². The van der Waals surface area contributed by atoms with Crippen LogP contribution in [-0.4, -0.2) is 8.80 Å². The van der Waals surface area contributed by atoms with Gasteiger partial charge in [-0.15, -0.1) is 0 Å². The largest absolute Gasteiger partial charge is 0.454 e. The zero-order valence-electron chi connectivity index (χ0n) is 40.4. The smallest absolute Gasteiger partial charge is 0.159 e. The quantitative estimate of drug-likeness (QED) is 0.167. The van der Waals surface area contributed by atoms with Crippen LogP contribution in [0.2, 0.25) is 0 Å². The monoisotopic (exact) mass is 946 g/mol. The first kappa shape index (κ1) is 39.9. The van der Waals surface area contributed by atoms with Gasteiger partial charge in [0.05, 0.1) is 55.8 Å². The summed E-state index contributed by atoms with van der Waals surface area (Å²) in [6.45, 7) is 4.39. The summed E-state index contributed by atoms with van der Waals surface area (Å²) in [6, 6.07) is 79.4. The van der Waals surface area contributed by atoms with E-state index in [4.69, 9.17) is 8.83 Å². The number of nitrogens with zero attached hydrogens (tertiary/aromatic N) is 4. The second-order valence-corrected chi connectivity index (χ2v) is 20.1. The number of benzene rings is 11. The topological polar surface area (TPSA) is 41.6 Å². The number of aryl methyl sites for hydroxylation is 2. The SMILES string of the molecule is Cc1ccc2c(oc3ccccc32)c1N(c1ccccc1)c1cccc2c1c1cccc3c4cc5c(cc4n2c31)c1cccc2c3c(N(c4ccccc4)c4c(C)ccc6c4oc4ccccc46)cccc3n5c12. The molecule has 0 atom stereocenters. The number of hydrogen-bond donors (Lipinski definition) is 0. The Kier molecular flexibility index (Phi) is 7.78. The molecule has 6 heteroatoms. The fraction of sp³-hybridized carbons (Fsp3) is 0.0294. The van der Waals surface area contributed by atoms with Crippen LogP contribution >= 0.6 is 0 Å². The maximum atomic E-state index is 6.82. The lowest BCUT2D eigenvalue weighted by Crippen LogP contribution is -2.12. The molecule has 0 aliphatic heterocycles. The molecule has 6 aromatic heterocycles. The van der Waals surface area contributed by atoms with Crippen LogP contribution in [0.5, 0.6) is 0 Å². The molecule has 0 spiro atoms. The Morgan fingerprint density at radius 2 is 0.703 bits per heavy atom. The Bertz CT molecular complexity index is 4850. The van der Waals surface area contributed by atoms with Gasteiger partial charge in [-0.1, -0.05) is 146 Å². The zero-order valence-corrected chi connectivity index (χ0v) is 40.4. The molecule has 17 aromatic rings. The third kappa shape index (κ3) is 5.08. The minimum Gasteiger partial charge on any atom is -0.454 e. The van der Waals surface area contributed by atoms with Gasteiger partial charge < -0.3 is 27.4 Å². The minimum absolute atomic E-state index is 0.883. The molecule has 6 heterocycles. The lowest BCUT2D eigenvalue weighted by atomic mass is 10.0. The molecular weight excluding hydrogens is 905 g/mol. The van der Waals surface area contributed by atoms with Crippen molar-refractivity contribution in [2.75, 3.05) is 9.80 Å². The van der Waals surface area contributed by atoms with Crippen LogP contribution in [0.4, 0.5) is 34.1 Å². The molecule has 0 N–H and O–H groups in total. The number of aromatic nitrogens is 2. The van der Waals surface area contributed by atoms with Crippen molar-refractivity contribution < 1.29 is 8.83 Å². The number of rotatable bonds is 6. The van der Waals surface area contributed by atoms with Gasteiger partial charge in [0, 0.05) is 76.0 Å². The first-order chi connectivity index (χ1) is 36.6. The molecule has 0 radical (unpaired) electrons. The van der Waals surface area contributed by atoms with E-state index >= 15 is 0 Å². The zero-order chi connectivity index (χ0) is 48.5. The van der Waals surface area contributed by atoms with E-state index in [0.29, 0.717) is 0 Å². The average Bonchev–Trinajstić information content (AvgIpc) is 4.31. The molecule has 0 amide bonds. The molecule has 0 saturated heterocycles. The van der Waals surface area contributed by atoms with E-state index in [-0.39, 0.29) is 0 Å². The molecule has 0 aliphatic carbocycles. The lowest BCUT2D eigenvalue weighted by Gasteiger charge is -2.28. The Hall–Kier alpha value is -9.78. The van der Waals surface area contributed by atoms with E-state index in [0.717, 1.165) is 89.1 Å². The summed E-state index contributed by atoms with van der Waals surface area (Å²) in [4.78, 5) is 4.85. The lowest BCUT2D eigenvalue weighted by molar-refractivity contribution is 0.668. The highest BCUT2D eigenvalue weighted by molar-refractivity contribution is 6.31. The molecular formula is C68H42N4O2. The number of anilines is 6. The van der Waals surface area contributed by atoms with E-state index in [2.05, 4.69) is 239 Å². The molecule has 6 nitrogen and oxygen atoms in total. The minimum atomic E-state index is 0.883. The van der Waals surface area contributed by atoms with Crippen LogP contribution in [0.25, 0.3) is 120 Å². The van der Waals surface area contributed by atoms with Crippen molar-refractivity contribution in [3.63, 3.8) is 0 Å². The highest BCUT2D eigenvalue weighted by Crippen LogP contribution is 2.53. The van der Waals surface area contributed by atoms with Gasteiger partial charge in [0.1, 0.15) is 11.2 Å². The predicted octanol–water partition coefficient (Wildman–Crippen LogP) is 19.3. The van der Waals surface area contributed by atoms with Crippen LogP contribution in [0.15, 0.2) is 227 Å². The van der Waals surface area contributed by atoms with Crippen molar-refractivity contribution in [2.24, 2.45) is 0 Å². The van der Waals surface area contributed by atoms with Gasteiger partial charge in [0.25, 0.3) is 0 Å². The molecule has 0 saturated carbocycles. The van der Waals surface area contributed by atoms with Crippen molar-refractivity contribution in [3.8, 4) is 0 Å². The van der Waals surface area contributed by atoms with Gasteiger partial charge >= 0.3 is 0 Å². The van der Waals surface area contributed by atoms with Crippen LogP contribution < -0.4 is 9.80 Å². The fourth-order valence-corrected chi connectivity index (χ4v) is 13.1. The second-order valence-electron chi connectivity index (χ2n) is 20.1. The first-order valence-corrected chi connectivity index (χ1v) is 25.4. The number of hydrogen-bond acceptors (Lipinski definition) is 4. The molecule has 0 unspecified atom stereocenters. The Morgan fingerprint density at radius 3 is 1.16 bits per heavy atom. The van der Waals surface area contributed by atoms with Gasteiger partial charge in [-0.05, 0) is 97.8 Å². The predicted molar refractivity (Wildman–Crippen MR) is 309 cm³/mol. The van der Waals surface area contributed by atoms with E-state index in [1.807, 2.05) is 12.1 Å². The number of fused-ring (bicyclic) bond motifs is 18. The summed E-state index contributed by atoms with van der Waals surface area (Å²) in [6.07, 6.45) is 0. The molecule has 346 valence electrons. The summed E-state index contributed by atoms with van der Waals surface area (Å²) < 4.78 is 18.7. The Morgan fingerprint density at radius 1 is 0.311 bits per heavy atom. The average molecular weight is 947 g/mol. The fourth-order valence-electron chi connectivity index (χ4n) is 13.1. The first-order valence-electron chi connectivity index (χ1n) is 25.4. The van der Waals surface area contributed by atoms with Crippen molar-refractivity contribution in [1.29, 1.82) is 0 Å².